The van der Waals surface area contributed by atoms with Gasteiger partial charge in [-0.2, -0.15) is 0 Å². The second kappa shape index (κ2) is 3.60. The predicted octanol–water partition coefficient (Wildman–Crippen LogP) is 1.94. The van der Waals surface area contributed by atoms with E-state index in [2.05, 4.69) is 15.4 Å². The molecule has 1 aromatic rings. The van der Waals surface area contributed by atoms with Gasteiger partial charge in [0.15, 0.2) is 5.69 Å². The van der Waals surface area contributed by atoms with Crippen LogP contribution in [0.25, 0.3) is 0 Å². The molecule has 0 spiro atoms. The number of H-pyrrole nitrogens is 1. The van der Waals surface area contributed by atoms with E-state index in [1.165, 1.54) is 0 Å². The second-order valence-electron chi connectivity index (χ2n) is 3.07. The first-order valence-corrected chi connectivity index (χ1v) is 3.79. The lowest BCUT2D eigenvalue weighted by Gasteiger charge is -2.02. The van der Waals surface area contributed by atoms with Crippen molar-refractivity contribution < 1.29 is 8.78 Å². The fourth-order valence-electron chi connectivity index (χ4n) is 0.991. The van der Waals surface area contributed by atoms with Gasteiger partial charge in [-0.3, -0.25) is 5.10 Å². The largest absolute Gasteiger partial charge is 0.284 e. The normalized spacial score (nSPS) is 11.5. The number of aromatic amines is 1. The Hall–Kier alpha value is -1.00. The van der Waals surface area contributed by atoms with Gasteiger partial charge in [-0.05, 0) is 12.3 Å². The average molecular weight is 175 g/mol. The average Bonchev–Trinajstić information content (AvgIpc) is 2.33. The third-order valence-corrected chi connectivity index (χ3v) is 1.47. The summed E-state index contributed by atoms with van der Waals surface area (Å²) in [7, 11) is 0. The number of nitrogens with zero attached hydrogens (tertiary/aromatic N) is 2. The van der Waals surface area contributed by atoms with Crippen LogP contribution in [0, 0.1) is 5.92 Å². The fourth-order valence-corrected chi connectivity index (χ4v) is 0.991. The van der Waals surface area contributed by atoms with Crippen LogP contribution in [0.5, 0.6) is 0 Å². The van der Waals surface area contributed by atoms with Crippen molar-refractivity contribution in [3.8, 4) is 0 Å². The van der Waals surface area contributed by atoms with Gasteiger partial charge in [0.05, 0.1) is 5.69 Å². The Bertz CT molecular complexity index is 245. The Morgan fingerprint density at radius 2 is 2.08 bits per heavy atom. The molecule has 0 saturated heterocycles. The number of alkyl halides is 2. The molecule has 0 aliphatic carbocycles. The second-order valence-corrected chi connectivity index (χ2v) is 3.07. The molecule has 0 fully saturated rings. The van der Waals surface area contributed by atoms with Gasteiger partial charge in [0.2, 0.25) is 0 Å². The topological polar surface area (TPSA) is 41.6 Å². The fraction of sp³-hybridized carbons (Fsp3) is 0.714. The summed E-state index contributed by atoms with van der Waals surface area (Å²) in [6.07, 6.45) is -1.97. The number of nitrogens with one attached hydrogen (secondary N) is 1. The zero-order valence-electron chi connectivity index (χ0n) is 7.01. The van der Waals surface area contributed by atoms with Gasteiger partial charge in [0.25, 0.3) is 6.43 Å². The SMILES string of the molecule is CC(C)Cc1[nH]nnc1C(F)F. The summed E-state index contributed by atoms with van der Waals surface area (Å²) in [5.74, 6) is 0.324. The minimum absolute atomic E-state index is 0.219. The van der Waals surface area contributed by atoms with Crippen LogP contribution in [0.15, 0.2) is 0 Å². The van der Waals surface area contributed by atoms with E-state index in [9.17, 15) is 8.78 Å². The van der Waals surface area contributed by atoms with Crippen molar-refractivity contribution in [1.82, 2.24) is 15.4 Å². The molecule has 1 rings (SSSR count). The molecular formula is C7H11F2N3. The smallest absolute Gasteiger partial charge is 0.262 e. The van der Waals surface area contributed by atoms with E-state index < -0.39 is 6.43 Å². The maximum absolute atomic E-state index is 12.2. The minimum atomic E-state index is -2.53. The third-order valence-electron chi connectivity index (χ3n) is 1.47. The molecular weight excluding hydrogens is 164 g/mol. The van der Waals surface area contributed by atoms with Crippen molar-refractivity contribution in [2.24, 2.45) is 5.92 Å². The first-order valence-electron chi connectivity index (χ1n) is 3.79. The summed E-state index contributed by atoms with van der Waals surface area (Å²) in [5.41, 5.74) is 0.226. The lowest BCUT2D eigenvalue weighted by molar-refractivity contribution is 0.144. The Labute approximate surface area is 69.2 Å². The summed E-state index contributed by atoms with van der Waals surface area (Å²) in [6.45, 7) is 3.91. The molecule has 1 heterocycles. The van der Waals surface area contributed by atoms with E-state index in [0.717, 1.165) is 0 Å². The van der Waals surface area contributed by atoms with E-state index in [1.807, 2.05) is 13.8 Å². The van der Waals surface area contributed by atoms with Gasteiger partial charge in [0.1, 0.15) is 0 Å². The van der Waals surface area contributed by atoms with Gasteiger partial charge >= 0.3 is 0 Å². The zero-order valence-corrected chi connectivity index (χ0v) is 7.01. The van der Waals surface area contributed by atoms with E-state index in [1.54, 1.807) is 0 Å². The first-order chi connectivity index (χ1) is 5.61. The summed E-state index contributed by atoms with van der Waals surface area (Å²) in [6, 6.07) is 0. The highest BCUT2D eigenvalue weighted by molar-refractivity contribution is 5.09. The maximum Gasteiger partial charge on any atom is 0.284 e. The number of hydrogen-bond donors (Lipinski definition) is 1. The summed E-state index contributed by atoms with van der Waals surface area (Å²) < 4.78 is 24.4. The van der Waals surface area contributed by atoms with Crippen LogP contribution in [0.2, 0.25) is 0 Å². The number of aromatic nitrogens is 3. The Morgan fingerprint density at radius 1 is 1.42 bits per heavy atom. The number of rotatable bonds is 3. The molecule has 0 aliphatic heterocycles. The lowest BCUT2D eigenvalue weighted by Crippen LogP contribution is -1.99. The molecule has 1 aromatic heterocycles. The molecule has 0 aromatic carbocycles. The Balaban J connectivity index is 2.77. The van der Waals surface area contributed by atoms with Gasteiger partial charge in [0, 0.05) is 0 Å². The quantitative estimate of drug-likeness (QED) is 0.762. The highest BCUT2D eigenvalue weighted by atomic mass is 19.3. The molecule has 0 amide bonds. The third kappa shape index (κ3) is 1.99. The van der Waals surface area contributed by atoms with Crippen molar-refractivity contribution in [2.75, 3.05) is 0 Å². The Morgan fingerprint density at radius 3 is 2.58 bits per heavy atom. The summed E-state index contributed by atoms with van der Waals surface area (Å²) >= 11 is 0. The van der Waals surface area contributed by atoms with E-state index in [0.29, 0.717) is 18.0 Å². The minimum Gasteiger partial charge on any atom is -0.262 e. The van der Waals surface area contributed by atoms with Crippen LogP contribution in [0.4, 0.5) is 8.78 Å². The van der Waals surface area contributed by atoms with Crippen molar-refractivity contribution in [1.29, 1.82) is 0 Å². The van der Waals surface area contributed by atoms with Crippen molar-refractivity contribution in [2.45, 2.75) is 26.7 Å². The Kier molecular flexibility index (Phi) is 2.73. The number of halogens is 2. The highest BCUT2D eigenvalue weighted by Gasteiger charge is 2.17. The van der Waals surface area contributed by atoms with Crippen molar-refractivity contribution >= 4 is 0 Å². The standard InChI is InChI=1S/C7H11F2N3/c1-4(2)3-5-6(7(8)9)11-12-10-5/h4,7H,3H2,1-2H3,(H,10,11,12). The van der Waals surface area contributed by atoms with E-state index >= 15 is 0 Å². The molecule has 0 atom stereocenters. The van der Waals surface area contributed by atoms with Crippen molar-refractivity contribution in [3.63, 3.8) is 0 Å². The molecule has 68 valence electrons. The van der Waals surface area contributed by atoms with Crippen LogP contribution in [-0.2, 0) is 6.42 Å². The maximum atomic E-state index is 12.2. The molecule has 1 N–H and O–H groups in total. The predicted molar refractivity (Wildman–Crippen MR) is 39.9 cm³/mol. The molecule has 0 bridgehead atoms. The lowest BCUT2D eigenvalue weighted by atomic mass is 10.1. The molecule has 0 aliphatic rings. The van der Waals surface area contributed by atoms with Crippen LogP contribution >= 0.6 is 0 Å². The zero-order chi connectivity index (χ0) is 9.14. The molecule has 12 heavy (non-hydrogen) atoms. The summed E-state index contributed by atoms with van der Waals surface area (Å²) in [4.78, 5) is 0. The number of hydrogen-bond acceptors (Lipinski definition) is 2. The van der Waals surface area contributed by atoms with Gasteiger partial charge < -0.3 is 0 Å². The first kappa shape index (κ1) is 9.09. The van der Waals surface area contributed by atoms with Crippen LogP contribution < -0.4 is 0 Å². The van der Waals surface area contributed by atoms with Crippen LogP contribution in [-0.4, -0.2) is 15.4 Å². The van der Waals surface area contributed by atoms with Gasteiger partial charge in [-0.25, -0.2) is 8.78 Å². The monoisotopic (exact) mass is 175 g/mol. The van der Waals surface area contributed by atoms with E-state index in [4.69, 9.17) is 0 Å². The van der Waals surface area contributed by atoms with Gasteiger partial charge in [-0.1, -0.05) is 19.1 Å². The molecule has 0 unspecified atom stereocenters. The van der Waals surface area contributed by atoms with Crippen LogP contribution in [0.1, 0.15) is 31.7 Å². The van der Waals surface area contributed by atoms with Crippen LogP contribution in [0.3, 0.4) is 0 Å². The molecule has 3 nitrogen and oxygen atoms in total. The molecule has 5 heteroatoms. The summed E-state index contributed by atoms with van der Waals surface area (Å²) in [5, 5.41) is 9.13. The molecule has 0 radical (unpaired) electrons. The van der Waals surface area contributed by atoms with E-state index in [-0.39, 0.29) is 5.69 Å². The van der Waals surface area contributed by atoms with Crippen molar-refractivity contribution in [3.05, 3.63) is 11.4 Å². The highest BCUT2D eigenvalue weighted by Crippen LogP contribution is 2.20. The molecule has 0 saturated carbocycles. The van der Waals surface area contributed by atoms with Gasteiger partial charge in [-0.15, -0.1) is 5.10 Å².